The van der Waals surface area contributed by atoms with Gasteiger partial charge in [0.1, 0.15) is 0 Å². The molecule has 1 spiro atoms. The van der Waals surface area contributed by atoms with E-state index in [2.05, 4.69) is 6.92 Å². The summed E-state index contributed by atoms with van der Waals surface area (Å²) < 4.78 is 0. The van der Waals surface area contributed by atoms with Gasteiger partial charge < -0.3 is 10.6 Å². The van der Waals surface area contributed by atoms with Crippen molar-refractivity contribution in [2.45, 2.75) is 65.3 Å². The lowest BCUT2D eigenvalue weighted by Crippen LogP contribution is -2.52. The Morgan fingerprint density at radius 1 is 1.29 bits per heavy atom. The lowest BCUT2D eigenvalue weighted by atomic mass is 9.61. The number of rotatable bonds is 2. The summed E-state index contributed by atoms with van der Waals surface area (Å²) in [5.41, 5.74) is 6.36. The number of hydrogen-bond acceptors (Lipinski definition) is 2. The van der Waals surface area contributed by atoms with Crippen LogP contribution in [0.25, 0.3) is 0 Å². The average molecular weight is 240 g/mol. The van der Waals surface area contributed by atoms with E-state index < -0.39 is 0 Å². The Bertz CT molecular complexity index is 237. The highest BCUT2D eigenvalue weighted by Crippen LogP contribution is 2.48. The molecule has 0 aromatic heterocycles. The summed E-state index contributed by atoms with van der Waals surface area (Å²) >= 11 is 0. The van der Waals surface area contributed by atoms with Gasteiger partial charge >= 0.3 is 0 Å². The van der Waals surface area contributed by atoms with E-state index in [1.165, 1.54) is 25.7 Å². The third-order valence-electron chi connectivity index (χ3n) is 4.03. The van der Waals surface area contributed by atoms with Gasteiger partial charge in [-0.3, -0.25) is 4.79 Å². The van der Waals surface area contributed by atoms with E-state index in [-0.39, 0.29) is 0 Å². The van der Waals surface area contributed by atoms with Crippen LogP contribution >= 0.6 is 0 Å². The van der Waals surface area contributed by atoms with Gasteiger partial charge in [0, 0.05) is 25.6 Å². The van der Waals surface area contributed by atoms with Gasteiger partial charge in [-0.15, -0.1) is 0 Å². The third kappa shape index (κ3) is 3.44. The molecule has 2 rings (SSSR count). The van der Waals surface area contributed by atoms with Crippen LogP contribution in [0.5, 0.6) is 0 Å². The fourth-order valence-corrected chi connectivity index (χ4v) is 3.06. The SMILES string of the molecule is CC.CCCC(=O)N1CCC2(CC1)CC(N)C2. The normalized spacial score (nSPS) is 22.7. The zero-order valence-corrected chi connectivity index (χ0v) is 11.7. The summed E-state index contributed by atoms with van der Waals surface area (Å²) in [5, 5.41) is 0. The third-order valence-corrected chi connectivity index (χ3v) is 4.03. The van der Waals surface area contributed by atoms with E-state index in [1.54, 1.807) is 0 Å². The monoisotopic (exact) mass is 240 g/mol. The number of carbonyl (C=O) groups is 1. The van der Waals surface area contributed by atoms with Gasteiger partial charge in [-0.05, 0) is 37.5 Å². The van der Waals surface area contributed by atoms with Crippen molar-refractivity contribution in [2.24, 2.45) is 11.1 Å². The maximum absolute atomic E-state index is 11.7. The zero-order valence-electron chi connectivity index (χ0n) is 11.7. The number of nitrogens with zero attached hydrogens (tertiary/aromatic N) is 1. The van der Waals surface area contributed by atoms with Crippen LogP contribution < -0.4 is 5.73 Å². The van der Waals surface area contributed by atoms with Crippen LogP contribution in [-0.4, -0.2) is 29.9 Å². The summed E-state index contributed by atoms with van der Waals surface area (Å²) in [6, 6.07) is 0.433. The number of nitrogens with two attached hydrogens (primary N) is 1. The first-order valence-electron chi connectivity index (χ1n) is 7.18. The van der Waals surface area contributed by atoms with E-state index in [0.29, 0.717) is 23.8 Å². The van der Waals surface area contributed by atoms with Gasteiger partial charge in [-0.2, -0.15) is 0 Å². The van der Waals surface area contributed by atoms with Crippen molar-refractivity contribution in [2.75, 3.05) is 13.1 Å². The summed E-state index contributed by atoms with van der Waals surface area (Å²) in [6.45, 7) is 7.99. The van der Waals surface area contributed by atoms with E-state index in [9.17, 15) is 4.79 Å². The molecule has 17 heavy (non-hydrogen) atoms. The van der Waals surface area contributed by atoms with Gasteiger partial charge in [0.2, 0.25) is 5.91 Å². The van der Waals surface area contributed by atoms with Gasteiger partial charge in [0.15, 0.2) is 0 Å². The standard InChI is InChI=1S/C12H22N2O.C2H6/c1-2-3-11(15)14-6-4-12(5-7-14)8-10(13)9-12;1-2/h10H,2-9,13H2,1H3;1-2H3. The van der Waals surface area contributed by atoms with Crippen LogP contribution in [0.4, 0.5) is 0 Å². The molecule has 1 saturated carbocycles. The quantitative estimate of drug-likeness (QED) is 0.806. The van der Waals surface area contributed by atoms with Gasteiger partial charge in [-0.1, -0.05) is 20.8 Å². The molecule has 2 fully saturated rings. The van der Waals surface area contributed by atoms with E-state index >= 15 is 0 Å². The number of likely N-dealkylation sites (tertiary alicyclic amines) is 1. The molecule has 1 aliphatic heterocycles. The fourth-order valence-electron chi connectivity index (χ4n) is 3.06. The van der Waals surface area contributed by atoms with Crippen molar-refractivity contribution in [3.8, 4) is 0 Å². The summed E-state index contributed by atoms with van der Waals surface area (Å²) in [7, 11) is 0. The highest BCUT2D eigenvalue weighted by molar-refractivity contribution is 5.76. The maximum Gasteiger partial charge on any atom is 0.222 e. The second-order valence-electron chi connectivity index (χ2n) is 5.30. The highest BCUT2D eigenvalue weighted by Gasteiger charge is 2.44. The van der Waals surface area contributed by atoms with Crippen LogP contribution in [0.3, 0.4) is 0 Å². The minimum absolute atomic E-state index is 0.343. The number of carbonyl (C=O) groups excluding carboxylic acids is 1. The van der Waals surface area contributed by atoms with Crippen molar-refractivity contribution in [1.29, 1.82) is 0 Å². The first kappa shape index (κ1) is 14.5. The van der Waals surface area contributed by atoms with Crippen molar-refractivity contribution in [1.82, 2.24) is 4.90 Å². The Morgan fingerprint density at radius 2 is 1.82 bits per heavy atom. The van der Waals surface area contributed by atoms with Crippen LogP contribution in [0.1, 0.15) is 59.3 Å². The number of amides is 1. The van der Waals surface area contributed by atoms with Crippen LogP contribution in [0.2, 0.25) is 0 Å². The molecule has 0 aromatic carbocycles. The van der Waals surface area contributed by atoms with Crippen LogP contribution in [0, 0.1) is 5.41 Å². The number of piperidine rings is 1. The molecule has 1 heterocycles. The molecular weight excluding hydrogens is 212 g/mol. The summed E-state index contributed by atoms with van der Waals surface area (Å²) in [5.74, 6) is 0.343. The van der Waals surface area contributed by atoms with E-state index in [0.717, 1.165) is 19.5 Å². The molecule has 0 unspecified atom stereocenters. The van der Waals surface area contributed by atoms with Gasteiger partial charge in [0.25, 0.3) is 0 Å². The minimum Gasteiger partial charge on any atom is -0.343 e. The molecule has 0 atom stereocenters. The Kier molecular flexibility index (Phi) is 5.44. The molecule has 100 valence electrons. The molecule has 1 aliphatic carbocycles. The van der Waals surface area contributed by atoms with Crippen molar-refractivity contribution >= 4 is 5.91 Å². The lowest BCUT2D eigenvalue weighted by Gasteiger charge is -2.51. The van der Waals surface area contributed by atoms with Crippen molar-refractivity contribution < 1.29 is 4.79 Å². The van der Waals surface area contributed by atoms with E-state index in [4.69, 9.17) is 5.73 Å². The molecular formula is C14H28N2O. The smallest absolute Gasteiger partial charge is 0.222 e. The maximum atomic E-state index is 11.7. The molecule has 3 nitrogen and oxygen atoms in total. The van der Waals surface area contributed by atoms with Crippen molar-refractivity contribution in [3.05, 3.63) is 0 Å². The topological polar surface area (TPSA) is 46.3 Å². The average Bonchev–Trinajstić information content (AvgIpc) is 2.31. The molecule has 0 bridgehead atoms. The Balaban J connectivity index is 0.000000686. The summed E-state index contributed by atoms with van der Waals surface area (Å²) in [6.07, 6.45) is 6.40. The fraction of sp³-hybridized carbons (Fsp3) is 0.929. The van der Waals surface area contributed by atoms with Gasteiger partial charge in [-0.25, -0.2) is 0 Å². The minimum atomic E-state index is 0.343. The second-order valence-corrected chi connectivity index (χ2v) is 5.30. The molecule has 1 amide bonds. The predicted molar refractivity (Wildman–Crippen MR) is 71.7 cm³/mol. The first-order chi connectivity index (χ1) is 8.15. The Labute approximate surface area is 106 Å². The molecule has 0 radical (unpaired) electrons. The predicted octanol–water partition coefficient (Wildman–Crippen LogP) is 2.54. The lowest BCUT2D eigenvalue weighted by molar-refractivity contribution is -0.134. The Morgan fingerprint density at radius 3 is 2.24 bits per heavy atom. The molecule has 3 heteroatoms. The summed E-state index contributed by atoms with van der Waals surface area (Å²) in [4.78, 5) is 13.7. The van der Waals surface area contributed by atoms with E-state index in [1.807, 2.05) is 18.7 Å². The molecule has 2 aliphatic rings. The Hall–Kier alpha value is -0.570. The van der Waals surface area contributed by atoms with Crippen LogP contribution in [0.15, 0.2) is 0 Å². The number of hydrogen-bond donors (Lipinski definition) is 1. The molecule has 0 aromatic rings. The van der Waals surface area contributed by atoms with Crippen molar-refractivity contribution in [3.63, 3.8) is 0 Å². The molecule has 1 saturated heterocycles. The first-order valence-corrected chi connectivity index (χ1v) is 7.18. The van der Waals surface area contributed by atoms with Gasteiger partial charge in [0.05, 0.1) is 0 Å². The molecule has 2 N–H and O–H groups in total. The van der Waals surface area contributed by atoms with Crippen LogP contribution in [-0.2, 0) is 4.79 Å². The zero-order chi connectivity index (χ0) is 12.9. The largest absolute Gasteiger partial charge is 0.343 e. The second kappa shape index (κ2) is 6.39. The highest BCUT2D eigenvalue weighted by atomic mass is 16.2.